The third-order valence-corrected chi connectivity index (χ3v) is 4.12. The molecule has 122 valence electrons. The molecule has 0 saturated carbocycles. The SMILES string of the molecule is CCOC(=O)C(O)c1ccc(CCN2CCN(C)CC2)cc1. The highest BCUT2D eigenvalue weighted by molar-refractivity contribution is 5.76. The Balaban J connectivity index is 1.82. The second-order valence-electron chi connectivity index (χ2n) is 5.79. The Morgan fingerprint density at radius 2 is 1.86 bits per heavy atom. The number of likely N-dealkylation sites (N-methyl/N-ethyl adjacent to an activating group) is 1. The van der Waals surface area contributed by atoms with Crippen molar-refractivity contribution in [3.8, 4) is 0 Å². The van der Waals surface area contributed by atoms with Crippen LogP contribution >= 0.6 is 0 Å². The molecule has 1 aliphatic rings. The van der Waals surface area contributed by atoms with Crippen LogP contribution in [0.15, 0.2) is 24.3 Å². The van der Waals surface area contributed by atoms with E-state index in [9.17, 15) is 9.90 Å². The minimum absolute atomic E-state index is 0.277. The Morgan fingerprint density at radius 1 is 1.23 bits per heavy atom. The van der Waals surface area contributed by atoms with Crippen LogP contribution in [0.25, 0.3) is 0 Å². The van der Waals surface area contributed by atoms with Crippen molar-refractivity contribution in [2.75, 3.05) is 46.4 Å². The molecule has 1 heterocycles. The highest BCUT2D eigenvalue weighted by atomic mass is 16.5. The maximum Gasteiger partial charge on any atom is 0.339 e. The number of piperazine rings is 1. The van der Waals surface area contributed by atoms with Crippen LogP contribution in [0.5, 0.6) is 0 Å². The number of aliphatic hydroxyl groups is 1. The molecule has 0 amide bonds. The number of hydrogen-bond acceptors (Lipinski definition) is 5. The standard InChI is InChI=1S/C17H26N2O3/c1-3-22-17(21)16(20)15-6-4-14(5-7-15)8-9-19-12-10-18(2)11-13-19/h4-7,16,20H,3,8-13H2,1-2H3. The summed E-state index contributed by atoms with van der Waals surface area (Å²) in [7, 11) is 2.16. The van der Waals surface area contributed by atoms with Gasteiger partial charge in [0.05, 0.1) is 6.61 Å². The lowest BCUT2D eigenvalue weighted by Gasteiger charge is -2.32. The number of benzene rings is 1. The molecule has 1 fully saturated rings. The van der Waals surface area contributed by atoms with Crippen LogP contribution in [0.4, 0.5) is 0 Å². The van der Waals surface area contributed by atoms with E-state index in [1.807, 2.05) is 12.1 Å². The fraction of sp³-hybridized carbons (Fsp3) is 0.588. The Kier molecular flexibility index (Phi) is 6.36. The molecule has 1 N–H and O–H groups in total. The van der Waals surface area contributed by atoms with Gasteiger partial charge >= 0.3 is 5.97 Å². The van der Waals surface area contributed by atoms with Crippen molar-refractivity contribution in [2.24, 2.45) is 0 Å². The molecule has 22 heavy (non-hydrogen) atoms. The van der Waals surface area contributed by atoms with Crippen LogP contribution in [-0.4, -0.2) is 67.3 Å². The fourth-order valence-electron chi connectivity index (χ4n) is 2.58. The van der Waals surface area contributed by atoms with Crippen molar-refractivity contribution in [1.29, 1.82) is 0 Å². The predicted octanol–water partition coefficient (Wildman–Crippen LogP) is 1.07. The van der Waals surface area contributed by atoms with Crippen LogP contribution in [0, 0.1) is 0 Å². The smallest absolute Gasteiger partial charge is 0.339 e. The van der Waals surface area contributed by atoms with Crippen molar-refractivity contribution >= 4 is 5.97 Å². The van der Waals surface area contributed by atoms with Crippen LogP contribution < -0.4 is 0 Å². The molecule has 5 heteroatoms. The van der Waals surface area contributed by atoms with Gasteiger partial charge in [-0.25, -0.2) is 4.79 Å². The average molecular weight is 306 g/mol. The van der Waals surface area contributed by atoms with Gasteiger partial charge in [-0.2, -0.15) is 0 Å². The van der Waals surface area contributed by atoms with Crippen LogP contribution in [0.3, 0.4) is 0 Å². The van der Waals surface area contributed by atoms with E-state index < -0.39 is 12.1 Å². The first-order chi connectivity index (χ1) is 10.6. The number of carbonyl (C=O) groups excluding carboxylic acids is 1. The Bertz CT molecular complexity index is 467. The first-order valence-electron chi connectivity index (χ1n) is 7.94. The van der Waals surface area contributed by atoms with Gasteiger partial charge in [0.2, 0.25) is 0 Å². The zero-order chi connectivity index (χ0) is 15.9. The van der Waals surface area contributed by atoms with E-state index in [-0.39, 0.29) is 6.61 Å². The van der Waals surface area contributed by atoms with Crippen LogP contribution in [0.1, 0.15) is 24.2 Å². The van der Waals surface area contributed by atoms with Crippen molar-refractivity contribution in [3.63, 3.8) is 0 Å². The number of nitrogens with zero attached hydrogens (tertiary/aromatic N) is 2. The number of rotatable bonds is 6. The number of aliphatic hydroxyl groups excluding tert-OH is 1. The Hall–Kier alpha value is -1.43. The maximum absolute atomic E-state index is 11.5. The number of esters is 1. The quantitative estimate of drug-likeness (QED) is 0.797. The topological polar surface area (TPSA) is 53.0 Å². The van der Waals surface area contributed by atoms with Crippen molar-refractivity contribution in [1.82, 2.24) is 9.80 Å². The molecule has 0 aromatic heterocycles. The normalized spacial score (nSPS) is 18.1. The van der Waals surface area contributed by atoms with Crippen LogP contribution in [0.2, 0.25) is 0 Å². The fourth-order valence-corrected chi connectivity index (χ4v) is 2.58. The van der Waals surface area contributed by atoms with Gasteiger partial charge in [-0.3, -0.25) is 0 Å². The zero-order valence-electron chi connectivity index (χ0n) is 13.5. The van der Waals surface area contributed by atoms with Gasteiger partial charge in [-0.15, -0.1) is 0 Å². The molecule has 2 rings (SSSR count). The second-order valence-corrected chi connectivity index (χ2v) is 5.79. The molecule has 5 nitrogen and oxygen atoms in total. The first kappa shape index (κ1) is 16.9. The van der Waals surface area contributed by atoms with Gasteiger partial charge < -0.3 is 19.6 Å². The van der Waals surface area contributed by atoms with Crippen molar-refractivity contribution in [3.05, 3.63) is 35.4 Å². The van der Waals surface area contributed by atoms with Gasteiger partial charge in [0.1, 0.15) is 0 Å². The maximum atomic E-state index is 11.5. The molecular weight excluding hydrogens is 280 g/mol. The number of carbonyl (C=O) groups is 1. The molecule has 1 aromatic carbocycles. The Labute approximate surface area is 132 Å². The lowest BCUT2D eigenvalue weighted by atomic mass is 10.0. The third kappa shape index (κ3) is 4.80. The van der Waals surface area contributed by atoms with E-state index >= 15 is 0 Å². The van der Waals surface area contributed by atoms with Gasteiger partial charge in [0.15, 0.2) is 6.10 Å². The van der Waals surface area contributed by atoms with Crippen LogP contribution in [-0.2, 0) is 16.0 Å². The van der Waals surface area contributed by atoms with Crippen molar-refractivity contribution in [2.45, 2.75) is 19.4 Å². The summed E-state index contributed by atoms with van der Waals surface area (Å²) >= 11 is 0. The summed E-state index contributed by atoms with van der Waals surface area (Å²) in [6.45, 7) is 7.56. The summed E-state index contributed by atoms with van der Waals surface area (Å²) in [5.74, 6) is -0.590. The lowest BCUT2D eigenvalue weighted by molar-refractivity contribution is -0.153. The van der Waals surface area contributed by atoms with E-state index in [0.29, 0.717) is 5.56 Å². The summed E-state index contributed by atoms with van der Waals surface area (Å²) in [6, 6.07) is 7.57. The molecule has 1 aliphatic heterocycles. The Morgan fingerprint density at radius 3 is 2.45 bits per heavy atom. The van der Waals surface area contributed by atoms with Gasteiger partial charge in [-0.1, -0.05) is 24.3 Å². The van der Waals surface area contributed by atoms with E-state index in [0.717, 1.165) is 39.1 Å². The van der Waals surface area contributed by atoms with E-state index in [4.69, 9.17) is 4.74 Å². The summed E-state index contributed by atoms with van der Waals surface area (Å²) in [5.41, 5.74) is 1.81. The first-order valence-corrected chi connectivity index (χ1v) is 7.94. The zero-order valence-corrected chi connectivity index (χ0v) is 13.5. The van der Waals surface area contributed by atoms with Crippen molar-refractivity contribution < 1.29 is 14.6 Å². The van der Waals surface area contributed by atoms with E-state index in [1.165, 1.54) is 5.56 Å². The molecule has 0 bridgehead atoms. The van der Waals surface area contributed by atoms with E-state index in [1.54, 1.807) is 19.1 Å². The highest BCUT2D eigenvalue weighted by Gasteiger charge is 2.18. The molecule has 0 aliphatic carbocycles. The average Bonchev–Trinajstić information content (AvgIpc) is 2.54. The minimum Gasteiger partial charge on any atom is -0.464 e. The molecule has 1 unspecified atom stereocenters. The second kappa shape index (κ2) is 8.27. The highest BCUT2D eigenvalue weighted by Crippen LogP contribution is 2.16. The van der Waals surface area contributed by atoms with Gasteiger partial charge in [0.25, 0.3) is 0 Å². The molecule has 0 radical (unpaired) electrons. The molecule has 1 atom stereocenters. The summed E-state index contributed by atoms with van der Waals surface area (Å²) < 4.78 is 4.82. The molecule has 0 spiro atoms. The summed E-state index contributed by atoms with van der Waals surface area (Å²) in [5, 5.41) is 9.88. The third-order valence-electron chi connectivity index (χ3n) is 4.12. The molecule has 1 saturated heterocycles. The van der Waals surface area contributed by atoms with Gasteiger partial charge in [0, 0.05) is 32.7 Å². The molecular formula is C17H26N2O3. The number of hydrogen-bond donors (Lipinski definition) is 1. The largest absolute Gasteiger partial charge is 0.464 e. The minimum atomic E-state index is -1.19. The summed E-state index contributed by atoms with van der Waals surface area (Å²) in [6.07, 6.45) is -0.203. The monoisotopic (exact) mass is 306 g/mol. The number of ether oxygens (including phenoxy) is 1. The van der Waals surface area contributed by atoms with E-state index in [2.05, 4.69) is 16.8 Å². The van der Waals surface area contributed by atoms with Gasteiger partial charge in [-0.05, 0) is 31.5 Å². The molecule has 1 aromatic rings. The predicted molar refractivity (Wildman–Crippen MR) is 85.7 cm³/mol. The summed E-state index contributed by atoms with van der Waals surface area (Å²) in [4.78, 5) is 16.3. The lowest BCUT2D eigenvalue weighted by Crippen LogP contribution is -2.45.